The number of halogens is 1. The van der Waals surface area contributed by atoms with Gasteiger partial charge < -0.3 is 14.7 Å². The van der Waals surface area contributed by atoms with Gasteiger partial charge in [-0.1, -0.05) is 12.1 Å². The molecule has 0 atom stereocenters. The van der Waals surface area contributed by atoms with E-state index in [0.29, 0.717) is 29.4 Å². The van der Waals surface area contributed by atoms with Crippen molar-refractivity contribution in [2.45, 2.75) is 19.8 Å². The normalized spacial score (nSPS) is 15.3. The van der Waals surface area contributed by atoms with Gasteiger partial charge in [-0.25, -0.2) is 4.39 Å². The number of carbonyl (C=O) groups is 1. The zero-order chi connectivity index (χ0) is 20.9. The molecule has 1 amide bonds. The van der Waals surface area contributed by atoms with E-state index in [-0.39, 0.29) is 11.7 Å². The van der Waals surface area contributed by atoms with E-state index in [9.17, 15) is 9.18 Å². The molecule has 0 aliphatic carbocycles. The number of aromatic nitrogens is 2. The Morgan fingerprint density at radius 1 is 1.10 bits per heavy atom. The van der Waals surface area contributed by atoms with Gasteiger partial charge in [0.25, 0.3) is 11.8 Å². The zero-order valence-corrected chi connectivity index (χ0v) is 17.0. The molecule has 6 nitrogen and oxygen atoms in total. The van der Waals surface area contributed by atoms with Gasteiger partial charge in [0, 0.05) is 29.8 Å². The van der Waals surface area contributed by atoms with Crippen LogP contribution in [0, 0.1) is 11.7 Å². The van der Waals surface area contributed by atoms with Crippen LogP contribution in [-0.4, -0.2) is 47.1 Å². The molecule has 0 bridgehead atoms. The summed E-state index contributed by atoms with van der Waals surface area (Å²) >= 11 is 0. The number of piperidine rings is 1. The molecule has 156 valence electrons. The molecule has 1 saturated heterocycles. The summed E-state index contributed by atoms with van der Waals surface area (Å²) in [7, 11) is 0. The summed E-state index contributed by atoms with van der Waals surface area (Å²) in [6.45, 7) is 6.02. The van der Waals surface area contributed by atoms with E-state index in [0.717, 1.165) is 31.1 Å². The lowest BCUT2D eigenvalue weighted by Gasteiger charge is -2.30. The summed E-state index contributed by atoms with van der Waals surface area (Å²) in [6.07, 6.45) is 2.46. The number of hydrogen-bond donors (Lipinski definition) is 1. The summed E-state index contributed by atoms with van der Waals surface area (Å²) in [5, 5.41) is 6.93. The average molecular weight is 408 g/mol. The highest BCUT2D eigenvalue weighted by atomic mass is 19.1. The average Bonchev–Trinajstić information content (AvgIpc) is 3.26. The molecular formula is C23H25FN4O2. The van der Waals surface area contributed by atoms with Gasteiger partial charge in [-0.05, 0) is 80.4 Å². The zero-order valence-electron chi connectivity index (χ0n) is 17.0. The van der Waals surface area contributed by atoms with Crippen LogP contribution in [-0.2, 0) is 0 Å². The maximum absolute atomic E-state index is 13.1. The Hall–Kier alpha value is -3.06. The lowest BCUT2D eigenvalue weighted by atomic mass is 9.99. The molecule has 2 heterocycles. The second-order valence-electron chi connectivity index (χ2n) is 7.79. The van der Waals surface area contributed by atoms with Gasteiger partial charge in [-0.15, -0.1) is 0 Å². The smallest absolute Gasteiger partial charge is 0.258 e. The molecule has 7 heteroatoms. The fraction of sp³-hybridized carbons (Fsp3) is 0.348. The fourth-order valence-corrected chi connectivity index (χ4v) is 3.54. The van der Waals surface area contributed by atoms with Gasteiger partial charge >= 0.3 is 0 Å². The molecule has 0 saturated carbocycles. The van der Waals surface area contributed by atoms with Crippen LogP contribution >= 0.6 is 0 Å². The van der Waals surface area contributed by atoms with E-state index < -0.39 is 0 Å². The minimum absolute atomic E-state index is 0.0931. The van der Waals surface area contributed by atoms with Crippen molar-refractivity contribution >= 4 is 5.91 Å². The third-order valence-corrected chi connectivity index (χ3v) is 5.51. The first-order chi connectivity index (χ1) is 14.6. The number of carbonyl (C=O) groups excluding carboxylic acids is 1. The van der Waals surface area contributed by atoms with Crippen LogP contribution in [0.25, 0.3) is 22.8 Å². The van der Waals surface area contributed by atoms with Gasteiger partial charge in [0.1, 0.15) is 5.82 Å². The second-order valence-corrected chi connectivity index (χ2v) is 7.79. The SMILES string of the molecule is CC1CCN(CCNC(=O)c2ccc(-c3nc(-c4ccc(F)cc4)no3)cc2)CC1. The van der Waals surface area contributed by atoms with Crippen molar-refractivity contribution in [1.82, 2.24) is 20.4 Å². The molecule has 30 heavy (non-hydrogen) atoms. The van der Waals surface area contributed by atoms with Gasteiger partial charge in [0.2, 0.25) is 5.82 Å². The Kier molecular flexibility index (Phi) is 6.18. The van der Waals surface area contributed by atoms with E-state index >= 15 is 0 Å². The van der Waals surface area contributed by atoms with Crippen molar-refractivity contribution in [3.8, 4) is 22.8 Å². The molecular weight excluding hydrogens is 383 g/mol. The molecule has 1 aliphatic rings. The maximum Gasteiger partial charge on any atom is 0.258 e. The van der Waals surface area contributed by atoms with Crippen molar-refractivity contribution in [3.05, 3.63) is 59.9 Å². The van der Waals surface area contributed by atoms with Crippen LogP contribution in [0.4, 0.5) is 4.39 Å². The standard InChI is InChI=1S/C23H25FN4O2/c1-16-10-13-28(14-11-16)15-12-25-22(29)18-2-4-19(5-3-18)23-26-21(27-30-23)17-6-8-20(24)9-7-17/h2-9,16H,10-15H2,1H3,(H,25,29). The number of hydrogen-bond acceptors (Lipinski definition) is 5. The predicted octanol–water partition coefficient (Wildman–Crippen LogP) is 4.00. The first-order valence-corrected chi connectivity index (χ1v) is 10.3. The molecule has 0 unspecified atom stereocenters. The summed E-state index contributed by atoms with van der Waals surface area (Å²) in [4.78, 5) is 19.1. The van der Waals surface area contributed by atoms with Gasteiger partial charge in [0.05, 0.1) is 0 Å². The van der Waals surface area contributed by atoms with Crippen LogP contribution in [0.3, 0.4) is 0 Å². The van der Waals surface area contributed by atoms with E-state index in [2.05, 4.69) is 27.3 Å². The topological polar surface area (TPSA) is 71.3 Å². The van der Waals surface area contributed by atoms with Crippen molar-refractivity contribution in [2.24, 2.45) is 5.92 Å². The molecule has 2 aromatic carbocycles. The lowest BCUT2D eigenvalue weighted by molar-refractivity contribution is 0.0944. The van der Waals surface area contributed by atoms with Crippen LogP contribution in [0.2, 0.25) is 0 Å². The molecule has 3 aromatic rings. The molecule has 1 fully saturated rings. The van der Waals surface area contributed by atoms with Gasteiger partial charge in [0.15, 0.2) is 0 Å². The number of nitrogens with zero attached hydrogens (tertiary/aromatic N) is 3. The Morgan fingerprint density at radius 3 is 2.47 bits per heavy atom. The molecule has 0 spiro atoms. The number of benzene rings is 2. The minimum atomic E-state index is -0.318. The fourth-order valence-electron chi connectivity index (χ4n) is 3.54. The highest BCUT2D eigenvalue weighted by Gasteiger charge is 2.16. The Bertz CT molecular complexity index is 977. The summed E-state index contributed by atoms with van der Waals surface area (Å²) in [5.74, 6) is 1.13. The second kappa shape index (κ2) is 9.17. The quantitative estimate of drug-likeness (QED) is 0.667. The predicted molar refractivity (Wildman–Crippen MR) is 112 cm³/mol. The van der Waals surface area contributed by atoms with E-state index in [1.165, 1.54) is 25.0 Å². The molecule has 1 aromatic heterocycles. The first kappa shape index (κ1) is 20.2. The monoisotopic (exact) mass is 408 g/mol. The summed E-state index contributed by atoms with van der Waals surface area (Å²) < 4.78 is 18.4. The van der Waals surface area contributed by atoms with Crippen molar-refractivity contribution in [1.29, 1.82) is 0 Å². The van der Waals surface area contributed by atoms with Crippen LogP contribution < -0.4 is 5.32 Å². The number of nitrogens with one attached hydrogen (secondary N) is 1. The van der Waals surface area contributed by atoms with Crippen molar-refractivity contribution < 1.29 is 13.7 Å². The Balaban J connectivity index is 1.32. The third kappa shape index (κ3) is 4.91. The molecule has 4 rings (SSSR count). The lowest BCUT2D eigenvalue weighted by Crippen LogP contribution is -2.39. The van der Waals surface area contributed by atoms with Crippen molar-refractivity contribution in [3.63, 3.8) is 0 Å². The highest BCUT2D eigenvalue weighted by Crippen LogP contribution is 2.23. The summed E-state index contributed by atoms with van der Waals surface area (Å²) in [5.41, 5.74) is 1.98. The Morgan fingerprint density at radius 2 is 1.77 bits per heavy atom. The van der Waals surface area contributed by atoms with Crippen LogP contribution in [0.1, 0.15) is 30.1 Å². The van der Waals surface area contributed by atoms with E-state index in [1.807, 2.05) is 0 Å². The van der Waals surface area contributed by atoms with Crippen LogP contribution in [0.5, 0.6) is 0 Å². The molecule has 0 radical (unpaired) electrons. The largest absolute Gasteiger partial charge is 0.351 e. The molecule has 1 aliphatic heterocycles. The maximum atomic E-state index is 13.1. The number of rotatable bonds is 6. The van der Waals surface area contributed by atoms with E-state index in [1.54, 1.807) is 36.4 Å². The highest BCUT2D eigenvalue weighted by molar-refractivity contribution is 5.94. The van der Waals surface area contributed by atoms with E-state index in [4.69, 9.17) is 4.52 Å². The number of likely N-dealkylation sites (tertiary alicyclic amines) is 1. The molecule has 1 N–H and O–H groups in total. The Labute approximate surface area is 175 Å². The first-order valence-electron chi connectivity index (χ1n) is 10.3. The minimum Gasteiger partial charge on any atom is -0.351 e. The van der Waals surface area contributed by atoms with Gasteiger partial charge in [-0.3, -0.25) is 4.79 Å². The summed E-state index contributed by atoms with van der Waals surface area (Å²) in [6, 6.07) is 13.0. The van der Waals surface area contributed by atoms with Crippen LogP contribution in [0.15, 0.2) is 53.1 Å². The van der Waals surface area contributed by atoms with Gasteiger partial charge in [-0.2, -0.15) is 4.98 Å². The number of amides is 1. The van der Waals surface area contributed by atoms with Crippen molar-refractivity contribution in [2.75, 3.05) is 26.2 Å². The third-order valence-electron chi connectivity index (χ3n) is 5.51.